The van der Waals surface area contributed by atoms with E-state index in [4.69, 9.17) is 0 Å². The number of para-hydroxylation sites is 1. The summed E-state index contributed by atoms with van der Waals surface area (Å²) in [6.45, 7) is 8.97. The van der Waals surface area contributed by atoms with Gasteiger partial charge in [0.2, 0.25) is 11.8 Å². The minimum absolute atomic E-state index is 0.0383. The number of hydrogen-bond donors (Lipinski definition) is 2. The first-order chi connectivity index (χ1) is 11.9. The van der Waals surface area contributed by atoms with Crippen molar-refractivity contribution in [2.45, 2.75) is 33.7 Å². The third-order valence-electron chi connectivity index (χ3n) is 4.11. The molecule has 1 aromatic rings. The second kappa shape index (κ2) is 9.25. The molecule has 138 valence electrons. The van der Waals surface area contributed by atoms with Crippen LogP contribution < -0.4 is 10.6 Å². The van der Waals surface area contributed by atoms with E-state index < -0.39 is 5.41 Å². The van der Waals surface area contributed by atoms with Crippen molar-refractivity contribution in [1.29, 1.82) is 0 Å². The molecule has 1 fully saturated rings. The van der Waals surface area contributed by atoms with Gasteiger partial charge in [-0.05, 0) is 11.6 Å². The molecule has 25 heavy (non-hydrogen) atoms. The number of rotatable bonds is 6. The molecule has 0 bridgehead atoms. The summed E-state index contributed by atoms with van der Waals surface area (Å²) in [5.41, 5.74) is 1.57. The lowest BCUT2D eigenvalue weighted by Crippen LogP contribution is -2.36. The molecule has 6 heteroatoms. The highest BCUT2D eigenvalue weighted by Crippen LogP contribution is 2.20. The smallest absolute Gasteiger partial charge is 0.226 e. The van der Waals surface area contributed by atoms with E-state index in [-0.39, 0.29) is 18.2 Å². The highest BCUT2D eigenvalue weighted by molar-refractivity contribution is 7.99. The SMILES string of the molecule is CC(C)(C)C(=O)NCCC(=O)Nc1ccccc1CN1CCSCC1. The van der Waals surface area contributed by atoms with Gasteiger partial charge in [0.1, 0.15) is 0 Å². The molecule has 0 spiro atoms. The zero-order valence-electron chi connectivity index (χ0n) is 15.4. The van der Waals surface area contributed by atoms with Gasteiger partial charge in [0.25, 0.3) is 0 Å². The Morgan fingerprint density at radius 3 is 2.52 bits per heavy atom. The van der Waals surface area contributed by atoms with Crippen LogP contribution in [-0.4, -0.2) is 47.9 Å². The van der Waals surface area contributed by atoms with Crippen molar-refractivity contribution in [3.63, 3.8) is 0 Å². The fourth-order valence-corrected chi connectivity index (χ4v) is 3.53. The standard InChI is InChI=1S/C19H29N3O2S/c1-19(2,3)18(24)20-9-8-17(23)21-16-7-5-4-6-15(16)14-22-10-12-25-13-11-22/h4-7H,8-14H2,1-3H3,(H,20,24)(H,21,23). The lowest BCUT2D eigenvalue weighted by molar-refractivity contribution is -0.128. The molecule has 2 amide bonds. The maximum atomic E-state index is 12.2. The van der Waals surface area contributed by atoms with Crippen LogP contribution in [0.3, 0.4) is 0 Å². The minimum Gasteiger partial charge on any atom is -0.355 e. The highest BCUT2D eigenvalue weighted by atomic mass is 32.2. The Kier molecular flexibility index (Phi) is 7.32. The van der Waals surface area contributed by atoms with E-state index in [0.29, 0.717) is 6.54 Å². The first kappa shape index (κ1) is 19.8. The van der Waals surface area contributed by atoms with Gasteiger partial charge >= 0.3 is 0 Å². The number of hydrogen-bond acceptors (Lipinski definition) is 4. The number of nitrogens with one attached hydrogen (secondary N) is 2. The Morgan fingerprint density at radius 2 is 1.84 bits per heavy atom. The molecule has 1 aromatic carbocycles. The quantitative estimate of drug-likeness (QED) is 0.816. The predicted octanol–water partition coefficient (Wildman–Crippen LogP) is 2.73. The molecule has 0 saturated carbocycles. The molecule has 1 aliphatic heterocycles. The van der Waals surface area contributed by atoms with Crippen molar-refractivity contribution in [3.05, 3.63) is 29.8 Å². The van der Waals surface area contributed by atoms with Gasteiger partial charge in [-0.1, -0.05) is 39.0 Å². The Hall–Kier alpha value is -1.53. The number of carbonyl (C=O) groups excluding carboxylic acids is 2. The van der Waals surface area contributed by atoms with Gasteiger partial charge in [0.05, 0.1) is 0 Å². The molecule has 2 N–H and O–H groups in total. The Bertz CT molecular complexity index is 593. The van der Waals surface area contributed by atoms with Crippen LogP contribution >= 0.6 is 11.8 Å². The van der Waals surface area contributed by atoms with Gasteiger partial charge in [-0.25, -0.2) is 0 Å². The van der Waals surface area contributed by atoms with Crippen LogP contribution in [-0.2, 0) is 16.1 Å². The van der Waals surface area contributed by atoms with E-state index >= 15 is 0 Å². The van der Waals surface area contributed by atoms with E-state index in [9.17, 15) is 9.59 Å². The number of thioether (sulfide) groups is 1. The van der Waals surface area contributed by atoms with E-state index in [2.05, 4.69) is 21.6 Å². The summed E-state index contributed by atoms with van der Waals surface area (Å²) in [5.74, 6) is 2.23. The summed E-state index contributed by atoms with van der Waals surface area (Å²) in [6, 6.07) is 7.96. The molecule has 0 aromatic heterocycles. The largest absolute Gasteiger partial charge is 0.355 e. The Balaban J connectivity index is 1.85. The number of anilines is 1. The van der Waals surface area contributed by atoms with Crippen molar-refractivity contribution in [3.8, 4) is 0 Å². The summed E-state index contributed by atoms with van der Waals surface area (Å²) in [5, 5.41) is 5.80. The number of nitrogens with zero attached hydrogens (tertiary/aromatic N) is 1. The molecule has 0 radical (unpaired) electrons. The van der Waals surface area contributed by atoms with E-state index in [1.807, 2.05) is 50.7 Å². The second-order valence-corrected chi connectivity index (χ2v) is 8.57. The maximum absolute atomic E-state index is 12.2. The summed E-state index contributed by atoms with van der Waals surface area (Å²) in [6.07, 6.45) is 0.274. The first-order valence-electron chi connectivity index (χ1n) is 8.82. The molecule has 1 aliphatic rings. The van der Waals surface area contributed by atoms with Crippen LogP contribution in [0.5, 0.6) is 0 Å². The molecule has 0 unspecified atom stereocenters. The molecular formula is C19H29N3O2S. The number of carbonyl (C=O) groups is 2. The van der Waals surface area contributed by atoms with Gasteiger partial charge in [-0.3, -0.25) is 14.5 Å². The van der Waals surface area contributed by atoms with Crippen molar-refractivity contribution in [2.24, 2.45) is 5.41 Å². The summed E-state index contributed by atoms with van der Waals surface area (Å²) >= 11 is 1.99. The van der Waals surface area contributed by atoms with Crippen LogP contribution in [0.4, 0.5) is 5.69 Å². The third-order valence-corrected chi connectivity index (χ3v) is 5.05. The summed E-state index contributed by atoms with van der Waals surface area (Å²) < 4.78 is 0. The van der Waals surface area contributed by atoms with Gasteiger partial charge < -0.3 is 10.6 Å². The van der Waals surface area contributed by atoms with Gasteiger partial charge in [-0.2, -0.15) is 11.8 Å². The molecule has 1 heterocycles. The maximum Gasteiger partial charge on any atom is 0.226 e. The number of benzene rings is 1. The minimum atomic E-state index is -0.435. The van der Waals surface area contributed by atoms with E-state index in [0.717, 1.165) is 30.9 Å². The summed E-state index contributed by atoms with van der Waals surface area (Å²) in [7, 11) is 0. The van der Waals surface area contributed by atoms with Crippen molar-refractivity contribution < 1.29 is 9.59 Å². The van der Waals surface area contributed by atoms with Gasteiger partial charge in [0, 0.05) is 55.2 Å². The monoisotopic (exact) mass is 363 g/mol. The fraction of sp³-hybridized carbons (Fsp3) is 0.579. The van der Waals surface area contributed by atoms with Crippen molar-refractivity contribution in [2.75, 3.05) is 36.5 Å². The Labute approximate surface area is 154 Å². The Morgan fingerprint density at radius 1 is 1.16 bits per heavy atom. The highest BCUT2D eigenvalue weighted by Gasteiger charge is 2.20. The van der Waals surface area contributed by atoms with Crippen molar-refractivity contribution in [1.82, 2.24) is 10.2 Å². The number of amides is 2. The van der Waals surface area contributed by atoms with Crippen LogP contribution in [0.2, 0.25) is 0 Å². The van der Waals surface area contributed by atoms with E-state index in [1.54, 1.807) is 0 Å². The molecule has 2 rings (SSSR count). The average molecular weight is 364 g/mol. The molecular weight excluding hydrogens is 334 g/mol. The van der Waals surface area contributed by atoms with E-state index in [1.165, 1.54) is 11.5 Å². The predicted molar refractivity (Wildman–Crippen MR) is 105 cm³/mol. The normalized spacial score (nSPS) is 15.6. The van der Waals surface area contributed by atoms with Crippen molar-refractivity contribution >= 4 is 29.3 Å². The lowest BCUT2D eigenvalue weighted by Gasteiger charge is -2.27. The topological polar surface area (TPSA) is 61.4 Å². The van der Waals surface area contributed by atoms with Crippen LogP contribution in [0.25, 0.3) is 0 Å². The van der Waals surface area contributed by atoms with Crippen LogP contribution in [0.1, 0.15) is 32.8 Å². The third kappa shape index (κ3) is 6.71. The average Bonchev–Trinajstić information content (AvgIpc) is 2.56. The molecule has 1 saturated heterocycles. The molecule has 5 nitrogen and oxygen atoms in total. The zero-order chi connectivity index (χ0) is 18.3. The van der Waals surface area contributed by atoms with Gasteiger partial charge in [-0.15, -0.1) is 0 Å². The van der Waals surface area contributed by atoms with Crippen LogP contribution in [0.15, 0.2) is 24.3 Å². The molecule has 0 aliphatic carbocycles. The molecule has 0 atom stereocenters. The second-order valence-electron chi connectivity index (χ2n) is 7.35. The van der Waals surface area contributed by atoms with Crippen LogP contribution in [0, 0.1) is 5.41 Å². The summed E-state index contributed by atoms with van der Waals surface area (Å²) in [4.78, 5) is 26.5. The first-order valence-corrected chi connectivity index (χ1v) is 9.98. The fourth-order valence-electron chi connectivity index (χ4n) is 2.55. The van der Waals surface area contributed by atoms with Gasteiger partial charge in [0.15, 0.2) is 0 Å². The lowest BCUT2D eigenvalue weighted by atomic mass is 9.96. The zero-order valence-corrected chi connectivity index (χ0v) is 16.2.